The van der Waals surface area contributed by atoms with E-state index in [9.17, 15) is 4.39 Å². The van der Waals surface area contributed by atoms with Crippen LogP contribution in [0.25, 0.3) is 5.70 Å². The van der Waals surface area contributed by atoms with E-state index in [4.69, 9.17) is 4.74 Å². The minimum atomic E-state index is -0.254. The van der Waals surface area contributed by atoms with Crippen LogP contribution in [0.4, 0.5) is 4.39 Å². The summed E-state index contributed by atoms with van der Waals surface area (Å²) < 4.78 is 19.2. The molecule has 2 aromatic carbocycles. The van der Waals surface area contributed by atoms with Crippen LogP contribution < -0.4 is 10.1 Å². The van der Waals surface area contributed by atoms with Crippen molar-refractivity contribution in [3.05, 3.63) is 90.0 Å². The molecule has 5 heteroatoms. The number of nitrogens with zero attached hydrogens (tertiary/aromatic N) is 1. The molecule has 0 saturated carbocycles. The van der Waals surface area contributed by atoms with Crippen molar-refractivity contribution in [2.45, 2.75) is 13.2 Å². The van der Waals surface area contributed by atoms with Gasteiger partial charge in [0.1, 0.15) is 18.2 Å². The second kappa shape index (κ2) is 7.46. The normalized spacial score (nSPS) is 10.4. The van der Waals surface area contributed by atoms with Gasteiger partial charge >= 0.3 is 0 Å². The van der Waals surface area contributed by atoms with Crippen molar-refractivity contribution < 1.29 is 9.13 Å². The summed E-state index contributed by atoms with van der Waals surface area (Å²) in [6.07, 6.45) is 3.50. The van der Waals surface area contributed by atoms with Crippen molar-refractivity contribution in [2.24, 2.45) is 0 Å². The molecule has 0 aliphatic carbocycles. The third kappa shape index (κ3) is 4.01. The average Bonchev–Trinajstić information content (AvgIpc) is 3.15. The summed E-state index contributed by atoms with van der Waals surface area (Å²) in [5, 5.41) is 9.89. The number of ether oxygens (including phenoxy) is 1. The summed E-state index contributed by atoms with van der Waals surface area (Å²) in [5.41, 5.74) is 3.38. The van der Waals surface area contributed by atoms with Crippen molar-refractivity contribution in [2.75, 3.05) is 0 Å². The van der Waals surface area contributed by atoms with Gasteiger partial charge in [-0.25, -0.2) is 4.39 Å². The summed E-state index contributed by atoms with van der Waals surface area (Å²) in [4.78, 5) is 0. The first kappa shape index (κ1) is 15.8. The molecule has 0 aliphatic rings. The Morgan fingerprint density at radius 3 is 2.67 bits per heavy atom. The van der Waals surface area contributed by atoms with Gasteiger partial charge in [-0.1, -0.05) is 36.9 Å². The van der Waals surface area contributed by atoms with E-state index >= 15 is 0 Å². The molecule has 0 bridgehead atoms. The Labute approximate surface area is 140 Å². The molecule has 0 spiro atoms. The molecule has 4 nitrogen and oxygen atoms in total. The monoisotopic (exact) mass is 323 g/mol. The highest BCUT2D eigenvalue weighted by atomic mass is 19.1. The average molecular weight is 323 g/mol. The molecule has 0 aliphatic heterocycles. The molecule has 3 aromatic rings. The number of aromatic nitrogens is 2. The molecule has 0 fully saturated rings. The van der Waals surface area contributed by atoms with E-state index < -0.39 is 0 Å². The van der Waals surface area contributed by atoms with Crippen LogP contribution in [0, 0.1) is 5.82 Å². The first-order valence-corrected chi connectivity index (χ1v) is 7.59. The molecule has 122 valence electrons. The molecule has 0 radical (unpaired) electrons. The molecular formula is C19H18FN3O. The Morgan fingerprint density at radius 2 is 1.96 bits per heavy atom. The Balaban J connectivity index is 1.52. The van der Waals surface area contributed by atoms with Crippen LogP contribution in [0.3, 0.4) is 0 Å². The van der Waals surface area contributed by atoms with Gasteiger partial charge in [0.15, 0.2) is 0 Å². The number of benzene rings is 2. The third-order valence-electron chi connectivity index (χ3n) is 3.63. The van der Waals surface area contributed by atoms with Gasteiger partial charge in [0.25, 0.3) is 0 Å². The fourth-order valence-electron chi connectivity index (χ4n) is 2.21. The van der Waals surface area contributed by atoms with E-state index in [2.05, 4.69) is 22.1 Å². The van der Waals surface area contributed by atoms with Gasteiger partial charge in [-0.05, 0) is 23.8 Å². The molecule has 0 atom stereocenters. The molecule has 3 rings (SSSR count). The van der Waals surface area contributed by atoms with E-state index in [1.807, 2.05) is 24.3 Å². The van der Waals surface area contributed by atoms with Gasteiger partial charge in [-0.15, -0.1) is 0 Å². The van der Waals surface area contributed by atoms with Gasteiger partial charge < -0.3 is 10.1 Å². The fourth-order valence-corrected chi connectivity index (χ4v) is 2.21. The van der Waals surface area contributed by atoms with Crippen LogP contribution in [0.1, 0.15) is 16.7 Å². The second-order valence-electron chi connectivity index (χ2n) is 5.34. The number of rotatable bonds is 7. The Bertz CT molecular complexity index is 798. The maximum Gasteiger partial charge on any atom is 0.129 e. The number of hydrogen-bond donors (Lipinski definition) is 2. The summed E-state index contributed by atoms with van der Waals surface area (Å²) in [5.74, 6) is 0.451. The maximum absolute atomic E-state index is 13.5. The lowest BCUT2D eigenvalue weighted by molar-refractivity contribution is 0.300. The first-order chi connectivity index (χ1) is 11.7. The Morgan fingerprint density at radius 1 is 1.17 bits per heavy atom. The number of hydrogen-bond acceptors (Lipinski definition) is 3. The molecular weight excluding hydrogens is 305 g/mol. The van der Waals surface area contributed by atoms with Crippen molar-refractivity contribution in [1.82, 2.24) is 15.5 Å². The zero-order valence-electron chi connectivity index (χ0n) is 13.1. The zero-order valence-corrected chi connectivity index (χ0v) is 13.1. The second-order valence-corrected chi connectivity index (χ2v) is 5.34. The van der Waals surface area contributed by atoms with E-state index in [0.717, 1.165) is 16.8 Å². The van der Waals surface area contributed by atoms with Crippen molar-refractivity contribution in [3.63, 3.8) is 0 Å². The van der Waals surface area contributed by atoms with Crippen LogP contribution in [-0.4, -0.2) is 10.2 Å². The largest absolute Gasteiger partial charge is 0.489 e. The lowest BCUT2D eigenvalue weighted by Crippen LogP contribution is -2.10. The quantitative estimate of drug-likeness (QED) is 0.693. The summed E-state index contributed by atoms with van der Waals surface area (Å²) in [7, 11) is 0. The van der Waals surface area contributed by atoms with E-state index in [-0.39, 0.29) is 12.4 Å². The molecule has 0 unspecified atom stereocenters. The molecule has 2 N–H and O–H groups in total. The van der Waals surface area contributed by atoms with Crippen LogP contribution in [0.5, 0.6) is 5.75 Å². The van der Waals surface area contributed by atoms with Crippen LogP contribution in [0.15, 0.2) is 67.5 Å². The SMILES string of the molecule is C=C(NCc1ccc(OCc2ccccc2F)cc1)c1cn[nH]c1. The van der Waals surface area contributed by atoms with Crippen molar-refractivity contribution in [1.29, 1.82) is 0 Å². The number of nitrogens with one attached hydrogen (secondary N) is 2. The van der Waals surface area contributed by atoms with Gasteiger partial charge in [0, 0.05) is 29.6 Å². The molecule has 1 heterocycles. The first-order valence-electron chi connectivity index (χ1n) is 7.59. The zero-order chi connectivity index (χ0) is 16.8. The number of aromatic amines is 1. The summed E-state index contributed by atoms with van der Waals surface area (Å²) >= 11 is 0. The molecule has 0 amide bonds. The topological polar surface area (TPSA) is 49.9 Å². The van der Waals surface area contributed by atoms with E-state index in [1.54, 1.807) is 30.6 Å². The van der Waals surface area contributed by atoms with Gasteiger partial charge in [0.05, 0.1) is 6.20 Å². The Kier molecular flexibility index (Phi) is 4.91. The Hall–Kier alpha value is -3.08. The van der Waals surface area contributed by atoms with Gasteiger partial charge in [-0.3, -0.25) is 5.10 Å². The predicted octanol–water partition coefficient (Wildman–Crippen LogP) is 3.89. The molecule has 24 heavy (non-hydrogen) atoms. The minimum Gasteiger partial charge on any atom is -0.489 e. The van der Waals surface area contributed by atoms with Crippen molar-refractivity contribution in [3.8, 4) is 5.75 Å². The predicted molar refractivity (Wildman–Crippen MR) is 91.6 cm³/mol. The summed E-state index contributed by atoms with van der Waals surface area (Å²) in [6, 6.07) is 14.3. The third-order valence-corrected chi connectivity index (χ3v) is 3.63. The highest BCUT2D eigenvalue weighted by Crippen LogP contribution is 2.16. The fraction of sp³-hybridized carbons (Fsp3) is 0.105. The van der Waals surface area contributed by atoms with Crippen LogP contribution in [0.2, 0.25) is 0 Å². The van der Waals surface area contributed by atoms with Crippen LogP contribution in [-0.2, 0) is 13.2 Å². The van der Waals surface area contributed by atoms with E-state index in [1.165, 1.54) is 6.07 Å². The van der Waals surface area contributed by atoms with Gasteiger partial charge in [0.2, 0.25) is 0 Å². The molecule has 0 saturated heterocycles. The highest BCUT2D eigenvalue weighted by molar-refractivity contribution is 5.59. The number of halogens is 1. The smallest absolute Gasteiger partial charge is 0.129 e. The lowest BCUT2D eigenvalue weighted by Gasteiger charge is -2.10. The maximum atomic E-state index is 13.5. The summed E-state index contributed by atoms with van der Waals surface area (Å²) in [6.45, 7) is 4.83. The minimum absolute atomic E-state index is 0.210. The van der Waals surface area contributed by atoms with E-state index in [0.29, 0.717) is 17.9 Å². The lowest BCUT2D eigenvalue weighted by atomic mass is 10.2. The van der Waals surface area contributed by atoms with Crippen molar-refractivity contribution >= 4 is 5.70 Å². The highest BCUT2D eigenvalue weighted by Gasteiger charge is 2.03. The molecule has 1 aromatic heterocycles. The van der Waals surface area contributed by atoms with Crippen LogP contribution >= 0.6 is 0 Å². The van der Waals surface area contributed by atoms with Gasteiger partial charge in [-0.2, -0.15) is 5.10 Å². The number of H-pyrrole nitrogens is 1. The standard InChI is InChI=1S/C19H18FN3O/c1-14(17-11-22-23-12-17)21-10-15-6-8-18(9-7-15)24-13-16-4-2-3-5-19(16)20/h2-9,11-12,21H,1,10,13H2,(H,22,23).